The highest BCUT2D eigenvalue weighted by Gasteiger charge is 2.15. The SMILES string of the molecule is NCCCCc1c(-c2ccccc2)[nH]c2c(Br)cc(Cl)cc12. The Morgan fingerprint density at radius 3 is 2.59 bits per heavy atom. The molecule has 114 valence electrons. The zero-order chi connectivity index (χ0) is 15.5. The molecule has 3 rings (SSSR count). The van der Waals surface area contributed by atoms with Crippen molar-refractivity contribution in [2.24, 2.45) is 5.73 Å². The van der Waals surface area contributed by atoms with Crippen molar-refractivity contribution in [3.63, 3.8) is 0 Å². The second-order valence-electron chi connectivity index (χ2n) is 5.40. The maximum absolute atomic E-state index is 6.25. The first-order valence-electron chi connectivity index (χ1n) is 7.46. The van der Waals surface area contributed by atoms with Crippen molar-refractivity contribution in [3.05, 3.63) is 57.5 Å². The maximum Gasteiger partial charge on any atom is 0.0607 e. The number of aryl methyl sites for hydroxylation is 1. The monoisotopic (exact) mass is 376 g/mol. The van der Waals surface area contributed by atoms with E-state index in [-0.39, 0.29) is 0 Å². The van der Waals surface area contributed by atoms with Gasteiger partial charge in [0, 0.05) is 20.6 Å². The molecule has 0 aliphatic heterocycles. The molecule has 0 aliphatic carbocycles. The van der Waals surface area contributed by atoms with E-state index in [1.807, 2.05) is 18.2 Å². The number of aromatic amines is 1. The lowest BCUT2D eigenvalue weighted by Gasteiger charge is -2.05. The van der Waals surface area contributed by atoms with E-state index in [1.165, 1.54) is 22.2 Å². The van der Waals surface area contributed by atoms with Gasteiger partial charge in [0.25, 0.3) is 0 Å². The summed E-state index contributed by atoms with van der Waals surface area (Å²) in [5.74, 6) is 0. The number of fused-ring (bicyclic) bond motifs is 1. The summed E-state index contributed by atoms with van der Waals surface area (Å²) in [4.78, 5) is 3.57. The van der Waals surface area contributed by atoms with E-state index in [0.29, 0.717) is 0 Å². The van der Waals surface area contributed by atoms with Gasteiger partial charge in [-0.3, -0.25) is 0 Å². The molecule has 1 aromatic heterocycles. The fourth-order valence-corrected chi connectivity index (χ4v) is 3.74. The van der Waals surface area contributed by atoms with E-state index in [0.717, 1.165) is 40.8 Å². The van der Waals surface area contributed by atoms with Gasteiger partial charge in [-0.2, -0.15) is 0 Å². The number of hydrogen-bond donors (Lipinski definition) is 2. The van der Waals surface area contributed by atoms with Crippen LogP contribution in [-0.2, 0) is 6.42 Å². The van der Waals surface area contributed by atoms with Crippen LogP contribution in [0, 0.1) is 0 Å². The summed E-state index contributed by atoms with van der Waals surface area (Å²) in [5, 5.41) is 1.94. The number of nitrogens with two attached hydrogens (primary N) is 1. The molecule has 0 atom stereocenters. The highest BCUT2D eigenvalue weighted by molar-refractivity contribution is 9.10. The molecule has 1 heterocycles. The van der Waals surface area contributed by atoms with Crippen molar-refractivity contribution in [3.8, 4) is 11.3 Å². The van der Waals surface area contributed by atoms with Crippen molar-refractivity contribution in [1.82, 2.24) is 4.98 Å². The smallest absolute Gasteiger partial charge is 0.0607 e. The van der Waals surface area contributed by atoms with Gasteiger partial charge in [-0.15, -0.1) is 0 Å². The van der Waals surface area contributed by atoms with E-state index in [4.69, 9.17) is 17.3 Å². The van der Waals surface area contributed by atoms with Crippen LogP contribution in [0.15, 0.2) is 46.9 Å². The van der Waals surface area contributed by atoms with Crippen LogP contribution in [0.2, 0.25) is 5.02 Å². The molecule has 0 spiro atoms. The first-order chi connectivity index (χ1) is 10.7. The van der Waals surface area contributed by atoms with E-state index >= 15 is 0 Å². The number of H-pyrrole nitrogens is 1. The molecule has 0 aliphatic rings. The molecule has 0 amide bonds. The molecule has 2 nitrogen and oxygen atoms in total. The number of nitrogens with one attached hydrogen (secondary N) is 1. The lowest BCUT2D eigenvalue weighted by molar-refractivity contribution is 0.748. The molecule has 0 unspecified atom stereocenters. The predicted molar refractivity (Wildman–Crippen MR) is 98.4 cm³/mol. The van der Waals surface area contributed by atoms with Gasteiger partial charge in [0.15, 0.2) is 0 Å². The first kappa shape index (κ1) is 15.6. The van der Waals surface area contributed by atoms with E-state index in [2.05, 4.69) is 45.2 Å². The second kappa shape index (κ2) is 6.86. The Kier molecular flexibility index (Phi) is 4.87. The summed E-state index contributed by atoms with van der Waals surface area (Å²) in [6, 6.07) is 14.4. The number of aromatic nitrogens is 1. The van der Waals surface area contributed by atoms with Crippen LogP contribution < -0.4 is 5.73 Å². The van der Waals surface area contributed by atoms with Gasteiger partial charge >= 0.3 is 0 Å². The molecule has 0 bridgehead atoms. The number of benzene rings is 2. The lowest BCUT2D eigenvalue weighted by Crippen LogP contribution is -1.99. The van der Waals surface area contributed by atoms with Crippen molar-refractivity contribution in [1.29, 1.82) is 0 Å². The minimum atomic E-state index is 0.730. The summed E-state index contributed by atoms with van der Waals surface area (Å²) in [5.41, 5.74) is 10.4. The van der Waals surface area contributed by atoms with Gasteiger partial charge in [0.05, 0.1) is 5.52 Å². The summed E-state index contributed by atoms with van der Waals surface area (Å²) in [7, 11) is 0. The van der Waals surface area contributed by atoms with Crippen LogP contribution in [-0.4, -0.2) is 11.5 Å². The summed E-state index contributed by atoms with van der Waals surface area (Å²) in [6.07, 6.45) is 3.10. The molecule has 0 saturated carbocycles. The molecule has 0 fully saturated rings. The van der Waals surface area contributed by atoms with Crippen molar-refractivity contribution in [2.45, 2.75) is 19.3 Å². The van der Waals surface area contributed by atoms with E-state index in [9.17, 15) is 0 Å². The maximum atomic E-state index is 6.25. The number of rotatable bonds is 5. The van der Waals surface area contributed by atoms with Crippen molar-refractivity contribution >= 4 is 38.4 Å². The Hall–Kier alpha value is -1.29. The Morgan fingerprint density at radius 1 is 1.09 bits per heavy atom. The lowest BCUT2D eigenvalue weighted by atomic mass is 10.0. The molecule has 3 N–H and O–H groups in total. The summed E-state index contributed by atoms with van der Waals surface area (Å²) < 4.78 is 0.997. The number of halogens is 2. The van der Waals surface area contributed by atoms with Gasteiger partial charge in [-0.05, 0) is 65.0 Å². The Morgan fingerprint density at radius 2 is 1.86 bits per heavy atom. The van der Waals surface area contributed by atoms with Crippen LogP contribution in [0.3, 0.4) is 0 Å². The van der Waals surface area contributed by atoms with Gasteiger partial charge in [-0.1, -0.05) is 41.9 Å². The average Bonchev–Trinajstić information content (AvgIpc) is 2.88. The van der Waals surface area contributed by atoms with Gasteiger partial charge in [0.2, 0.25) is 0 Å². The molecule has 0 saturated heterocycles. The molecular formula is C18H18BrClN2. The van der Waals surface area contributed by atoms with Crippen LogP contribution in [0.1, 0.15) is 18.4 Å². The van der Waals surface area contributed by atoms with Crippen LogP contribution in [0.25, 0.3) is 22.2 Å². The molecule has 0 radical (unpaired) electrons. The Balaban J connectivity index is 2.17. The molecule has 4 heteroatoms. The minimum Gasteiger partial charge on any atom is -0.353 e. The number of hydrogen-bond acceptors (Lipinski definition) is 1. The van der Waals surface area contributed by atoms with Gasteiger partial charge in [-0.25, -0.2) is 0 Å². The first-order valence-corrected chi connectivity index (χ1v) is 8.63. The fourth-order valence-electron chi connectivity index (χ4n) is 2.83. The van der Waals surface area contributed by atoms with Crippen LogP contribution in [0.5, 0.6) is 0 Å². The van der Waals surface area contributed by atoms with E-state index in [1.54, 1.807) is 0 Å². The third-order valence-electron chi connectivity index (χ3n) is 3.88. The minimum absolute atomic E-state index is 0.730. The molecule has 22 heavy (non-hydrogen) atoms. The second-order valence-corrected chi connectivity index (χ2v) is 6.69. The summed E-state index contributed by atoms with van der Waals surface area (Å²) >= 11 is 9.86. The predicted octanol–water partition coefficient (Wildman–Crippen LogP) is 5.53. The fraction of sp³-hybridized carbons (Fsp3) is 0.222. The zero-order valence-electron chi connectivity index (χ0n) is 12.2. The molecular weight excluding hydrogens is 360 g/mol. The highest BCUT2D eigenvalue weighted by atomic mass is 79.9. The van der Waals surface area contributed by atoms with Gasteiger partial charge in [0.1, 0.15) is 0 Å². The molecule has 3 aromatic rings. The topological polar surface area (TPSA) is 41.8 Å². The van der Waals surface area contributed by atoms with Gasteiger partial charge < -0.3 is 10.7 Å². The molecule has 2 aromatic carbocycles. The highest BCUT2D eigenvalue weighted by Crippen LogP contribution is 2.36. The standard InChI is InChI=1S/C18H18BrClN2/c19-16-11-13(20)10-15-14(8-4-5-9-21)17(22-18(15)16)12-6-2-1-3-7-12/h1-3,6-7,10-11,22H,4-5,8-9,21H2. The third kappa shape index (κ3) is 3.07. The summed E-state index contributed by atoms with van der Waals surface area (Å²) in [6.45, 7) is 0.730. The average molecular weight is 378 g/mol. The zero-order valence-corrected chi connectivity index (χ0v) is 14.5. The largest absolute Gasteiger partial charge is 0.353 e. The Bertz CT molecular complexity index is 781. The van der Waals surface area contributed by atoms with Crippen LogP contribution >= 0.6 is 27.5 Å². The number of unbranched alkanes of at least 4 members (excludes halogenated alkanes) is 1. The third-order valence-corrected chi connectivity index (χ3v) is 4.72. The quantitative estimate of drug-likeness (QED) is 0.564. The van der Waals surface area contributed by atoms with E-state index < -0.39 is 0 Å². The van der Waals surface area contributed by atoms with Crippen LogP contribution in [0.4, 0.5) is 0 Å². The van der Waals surface area contributed by atoms with Crippen molar-refractivity contribution < 1.29 is 0 Å². The Labute approximate surface area is 143 Å². The normalized spacial score (nSPS) is 11.2. The van der Waals surface area contributed by atoms with Crippen molar-refractivity contribution in [2.75, 3.05) is 6.54 Å².